The number of thiazole rings is 1. The van der Waals surface area contributed by atoms with Crippen LogP contribution in [0.2, 0.25) is 0 Å². The molecule has 1 N–H and O–H groups in total. The van der Waals surface area contributed by atoms with Crippen molar-refractivity contribution in [3.8, 4) is 0 Å². The third kappa shape index (κ3) is 4.64. The van der Waals surface area contributed by atoms with Crippen LogP contribution in [0.5, 0.6) is 0 Å². The molecule has 0 aromatic carbocycles. The van der Waals surface area contributed by atoms with Gasteiger partial charge in [-0.1, -0.05) is 20.8 Å². The third-order valence-electron chi connectivity index (χ3n) is 2.82. The lowest BCUT2D eigenvalue weighted by atomic mass is 10.1. The van der Waals surface area contributed by atoms with Crippen LogP contribution in [-0.2, 0) is 0 Å². The zero-order valence-electron chi connectivity index (χ0n) is 11.7. The molecule has 17 heavy (non-hydrogen) atoms. The lowest BCUT2D eigenvalue weighted by Crippen LogP contribution is -2.19. The summed E-state index contributed by atoms with van der Waals surface area (Å²) in [5.41, 5.74) is 0. The number of nitrogens with one attached hydrogen (secondary N) is 1. The van der Waals surface area contributed by atoms with Gasteiger partial charge >= 0.3 is 0 Å². The summed E-state index contributed by atoms with van der Waals surface area (Å²) in [6, 6.07) is 0.407. The Morgan fingerprint density at radius 2 is 2.12 bits per heavy atom. The molecule has 0 saturated heterocycles. The zero-order chi connectivity index (χ0) is 12.8. The molecule has 0 spiro atoms. The number of aromatic nitrogens is 1. The Bertz CT molecular complexity index is 322. The first-order valence-electron chi connectivity index (χ1n) is 6.44. The number of anilines is 1. The molecular weight excluding hydrogens is 230 g/mol. The van der Waals surface area contributed by atoms with E-state index in [4.69, 9.17) is 0 Å². The van der Waals surface area contributed by atoms with Crippen molar-refractivity contribution < 1.29 is 0 Å². The van der Waals surface area contributed by atoms with Gasteiger partial charge in [0.05, 0.1) is 0 Å². The molecular formula is C13H25N3S. The van der Waals surface area contributed by atoms with Crippen molar-refractivity contribution in [2.45, 2.75) is 40.2 Å². The van der Waals surface area contributed by atoms with Crippen LogP contribution in [0.4, 0.5) is 5.13 Å². The summed E-state index contributed by atoms with van der Waals surface area (Å²) in [4.78, 5) is 8.08. The van der Waals surface area contributed by atoms with Gasteiger partial charge in [-0.15, -0.1) is 11.3 Å². The maximum Gasteiger partial charge on any atom is 0.185 e. The first-order chi connectivity index (χ1) is 8.04. The highest BCUT2D eigenvalue weighted by atomic mass is 32.1. The van der Waals surface area contributed by atoms with Crippen molar-refractivity contribution in [3.05, 3.63) is 11.1 Å². The maximum absolute atomic E-state index is 4.50. The van der Waals surface area contributed by atoms with Crippen LogP contribution in [0.1, 0.15) is 45.0 Å². The minimum atomic E-state index is 0.407. The Morgan fingerprint density at radius 3 is 2.71 bits per heavy atom. The highest BCUT2D eigenvalue weighted by Crippen LogP contribution is 2.26. The van der Waals surface area contributed by atoms with E-state index in [0.717, 1.165) is 24.1 Å². The van der Waals surface area contributed by atoms with Gasteiger partial charge in [0.15, 0.2) is 5.13 Å². The second-order valence-corrected chi connectivity index (χ2v) is 5.97. The van der Waals surface area contributed by atoms with Gasteiger partial charge in [-0.3, -0.25) is 0 Å². The van der Waals surface area contributed by atoms with Crippen LogP contribution in [0.25, 0.3) is 0 Å². The van der Waals surface area contributed by atoms with Gasteiger partial charge in [0, 0.05) is 30.7 Å². The average Bonchev–Trinajstić information content (AvgIpc) is 2.75. The van der Waals surface area contributed by atoms with Gasteiger partial charge in [0.1, 0.15) is 0 Å². The molecule has 1 aromatic rings. The van der Waals surface area contributed by atoms with E-state index >= 15 is 0 Å². The second kappa shape index (κ2) is 6.97. The van der Waals surface area contributed by atoms with Gasteiger partial charge in [-0.2, -0.15) is 0 Å². The predicted molar refractivity (Wildman–Crippen MR) is 76.9 cm³/mol. The van der Waals surface area contributed by atoms with Gasteiger partial charge in [-0.25, -0.2) is 4.98 Å². The Kier molecular flexibility index (Phi) is 5.92. The van der Waals surface area contributed by atoms with E-state index in [0.29, 0.717) is 6.04 Å². The van der Waals surface area contributed by atoms with Crippen LogP contribution in [0.3, 0.4) is 0 Å². The molecule has 1 aromatic heterocycles. The van der Waals surface area contributed by atoms with Crippen molar-refractivity contribution in [2.24, 2.45) is 5.92 Å². The van der Waals surface area contributed by atoms with Crippen molar-refractivity contribution in [2.75, 3.05) is 25.0 Å². The summed E-state index contributed by atoms with van der Waals surface area (Å²) >= 11 is 1.79. The normalized spacial score (nSPS) is 13.1. The monoisotopic (exact) mass is 255 g/mol. The third-order valence-corrected chi connectivity index (χ3v) is 4.11. The molecule has 0 aliphatic rings. The predicted octanol–water partition coefficient (Wildman–Crippen LogP) is 3.30. The SMILES string of the molecule is CCNC(C)c1cnc(N(C)CCC(C)C)s1. The molecule has 0 aliphatic heterocycles. The molecule has 0 aliphatic carbocycles. The fourth-order valence-corrected chi connectivity index (χ4v) is 2.54. The number of hydrogen-bond acceptors (Lipinski definition) is 4. The molecule has 1 unspecified atom stereocenters. The van der Waals surface area contributed by atoms with Gasteiger partial charge in [-0.05, 0) is 25.8 Å². The second-order valence-electron chi connectivity index (χ2n) is 4.93. The molecule has 98 valence electrons. The highest BCUT2D eigenvalue weighted by molar-refractivity contribution is 7.15. The summed E-state index contributed by atoms with van der Waals surface area (Å²) in [7, 11) is 2.13. The van der Waals surface area contributed by atoms with E-state index in [1.54, 1.807) is 11.3 Å². The molecule has 0 radical (unpaired) electrons. The van der Waals surface area contributed by atoms with Crippen LogP contribution in [0, 0.1) is 5.92 Å². The van der Waals surface area contributed by atoms with Gasteiger partial charge in [0.25, 0.3) is 0 Å². The topological polar surface area (TPSA) is 28.2 Å². The van der Waals surface area contributed by atoms with Crippen LogP contribution < -0.4 is 10.2 Å². The Labute approximate surface area is 109 Å². The fraction of sp³-hybridized carbons (Fsp3) is 0.769. The summed E-state index contributed by atoms with van der Waals surface area (Å²) in [6.45, 7) is 10.9. The number of hydrogen-bond donors (Lipinski definition) is 1. The van der Waals surface area contributed by atoms with Crippen LogP contribution in [-0.4, -0.2) is 25.1 Å². The largest absolute Gasteiger partial charge is 0.351 e. The minimum absolute atomic E-state index is 0.407. The molecule has 4 heteroatoms. The Morgan fingerprint density at radius 1 is 1.41 bits per heavy atom. The van der Waals surface area contributed by atoms with E-state index in [2.05, 4.69) is 49.9 Å². The summed E-state index contributed by atoms with van der Waals surface area (Å²) in [5, 5.41) is 4.55. The summed E-state index contributed by atoms with van der Waals surface area (Å²) in [5.74, 6) is 0.748. The van der Waals surface area contributed by atoms with Crippen molar-refractivity contribution >= 4 is 16.5 Å². The quantitative estimate of drug-likeness (QED) is 0.810. The number of nitrogens with zero attached hydrogens (tertiary/aromatic N) is 2. The van der Waals surface area contributed by atoms with Crippen LogP contribution in [0.15, 0.2) is 6.20 Å². The zero-order valence-corrected chi connectivity index (χ0v) is 12.5. The van der Waals surface area contributed by atoms with E-state index in [-0.39, 0.29) is 0 Å². The minimum Gasteiger partial charge on any atom is -0.351 e. The standard InChI is InChI=1S/C13H25N3S/c1-6-14-11(4)12-9-15-13(17-12)16(5)8-7-10(2)3/h9-11,14H,6-8H2,1-5H3. The summed E-state index contributed by atoms with van der Waals surface area (Å²) in [6.07, 6.45) is 3.22. The van der Waals surface area contributed by atoms with Crippen molar-refractivity contribution in [3.63, 3.8) is 0 Å². The van der Waals surface area contributed by atoms with Gasteiger partial charge in [0.2, 0.25) is 0 Å². The van der Waals surface area contributed by atoms with Gasteiger partial charge < -0.3 is 10.2 Å². The fourth-order valence-electron chi connectivity index (χ4n) is 1.61. The molecule has 1 atom stereocenters. The lowest BCUT2D eigenvalue weighted by Gasteiger charge is -2.16. The van der Waals surface area contributed by atoms with E-state index in [9.17, 15) is 0 Å². The highest BCUT2D eigenvalue weighted by Gasteiger charge is 2.11. The first-order valence-corrected chi connectivity index (χ1v) is 7.26. The first kappa shape index (κ1) is 14.5. The van der Waals surface area contributed by atoms with E-state index in [1.165, 1.54) is 11.3 Å². The average molecular weight is 255 g/mol. The molecule has 0 saturated carbocycles. The maximum atomic E-state index is 4.50. The van der Waals surface area contributed by atoms with Crippen molar-refractivity contribution in [1.29, 1.82) is 0 Å². The molecule has 0 bridgehead atoms. The lowest BCUT2D eigenvalue weighted by molar-refractivity contribution is 0.585. The molecule has 0 fully saturated rings. The Balaban J connectivity index is 2.54. The smallest absolute Gasteiger partial charge is 0.185 e. The van der Waals surface area contributed by atoms with Crippen molar-refractivity contribution in [1.82, 2.24) is 10.3 Å². The summed E-state index contributed by atoms with van der Waals surface area (Å²) < 4.78 is 0. The van der Waals surface area contributed by atoms with E-state index < -0.39 is 0 Å². The molecule has 1 heterocycles. The molecule has 1 rings (SSSR count). The Hall–Kier alpha value is -0.610. The van der Waals surface area contributed by atoms with Crippen LogP contribution >= 0.6 is 11.3 Å². The molecule has 0 amide bonds. The number of rotatable bonds is 7. The molecule has 3 nitrogen and oxygen atoms in total. The van der Waals surface area contributed by atoms with E-state index in [1.807, 2.05) is 6.20 Å².